The van der Waals surface area contributed by atoms with E-state index >= 15 is 0 Å². The van der Waals surface area contributed by atoms with Gasteiger partial charge in [0, 0.05) is 21.9 Å². The summed E-state index contributed by atoms with van der Waals surface area (Å²) in [5.41, 5.74) is 1.71. The number of aromatic hydroxyl groups is 1. The minimum Gasteiger partial charge on any atom is -0.507 e. The minimum absolute atomic E-state index is 0.0251. The highest BCUT2D eigenvalue weighted by Gasteiger charge is 2.15. The van der Waals surface area contributed by atoms with Crippen LogP contribution in [0, 0.1) is 6.07 Å². The molecule has 2 rings (SSSR count). The molecule has 0 saturated heterocycles. The lowest BCUT2D eigenvalue weighted by molar-refractivity contribution is 0.101. The molecular formula is C17H16O4S+. The maximum atomic E-state index is 11.5. The maximum Gasteiger partial charge on any atom is 0.505 e. The summed E-state index contributed by atoms with van der Waals surface area (Å²) in [6.07, 6.45) is 0.546. The second-order valence-electron chi connectivity index (χ2n) is 4.80. The quantitative estimate of drug-likeness (QED) is 0.656. The van der Waals surface area contributed by atoms with Crippen LogP contribution in [-0.4, -0.2) is 10.9 Å². The molecule has 0 atom stereocenters. The van der Waals surface area contributed by atoms with Gasteiger partial charge in [0.25, 0.3) is 4.90 Å². The Morgan fingerprint density at radius 3 is 2.77 bits per heavy atom. The molecule has 0 amide bonds. The molecule has 0 aromatic heterocycles. The van der Waals surface area contributed by atoms with Crippen molar-refractivity contribution < 1.29 is 18.8 Å². The van der Waals surface area contributed by atoms with E-state index in [-0.39, 0.29) is 18.1 Å². The number of carbonyl (C=O) groups excluding carboxylic acids is 1. The molecule has 0 heterocycles. The number of phenolic OH excluding ortho intramolecular Hbond substituents is 1. The molecule has 113 valence electrons. The standard InChI is InChI=1S/C17H15O4S/c1-3-14-16(8-7-15(11(2)18)17(14)19)21-10-12-5-4-6-13(9-12)22-20/h5-9H,3,10H2,1-2H3/p+1. The first-order valence-electron chi connectivity index (χ1n) is 6.85. The maximum absolute atomic E-state index is 11.5. The van der Waals surface area contributed by atoms with Crippen LogP contribution in [-0.2, 0) is 28.9 Å². The van der Waals surface area contributed by atoms with Crippen LogP contribution < -0.4 is 4.74 Å². The summed E-state index contributed by atoms with van der Waals surface area (Å²) in [5.74, 6) is 0.321. The van der Waals surface area contributed by atoms with E-state index in [0.29, 0.717) is 39.9 Å². The molecule has 0 aliphatic rings. The zero-order valence-corrected chi connectivity index (χ0v) is 13.2. The van der Waals surface area contributed by atoms with E-state index in [9.17, 15) is 14.1 Å². The van der Waals surface area contributed by atoms with Gasteiger partial charge < -0.3 is 9.84 Å². The Morgan fingerprint density at radius 1 is 1.36 bits per heavy atom. The molecule has 22 heavy (non-hydrogen) atoms. The normalized spacial score (nSPS) is 10.3. The van der Waals surface area contributed by atoms with Crippen molar-refractivity contribution in [2.75, 3.05) is 0 Å². The molecule has 2 aromatic carbocycles. The third kappa shape index (κ3) is 3.49. The van der Waals surface area contributed by atoms with Gasteiger partial charge in [-0.1, -0.05) is 6.92 Å². The number of ketones is 1. The predicted molar refractivity (Wildman–Crippen MR) is 83.4 cm³/mol. The molecule has 5 heteroatoms. The summed E-state index contributed by atoms with van der Waals surface area (Å²) < 4.78 is 16.5. The van der Waals surface area contributed by atoms with Crippen molar-refractivity contribution in [3.05, 3.63) is 53.1 Å². The molecule has 0 aliphatic heterocycles. The Labute approximate surface area is 133 Å². The van der Waals surface area contributed by atoms with E-state index in [1.807, 2.05) is 6.92 Å². The Hall–Kier alpha value is -2.27. The van der Waals surface area contributed by atoms with Crippen LogP contribution in [0.1, 0.15) is 35.3 Å². The lowest BCUT2D eigenvalue weighted by atomic mass is 10.0. The average Bonchev–Trinajstić information content (AvgIpc) is 2.52. The van der Waals surface area contributed by atoms with Gasteiger partial charge in [-0.3, -0.25) is 4.79 Å². The number of carbonyl (C=O) groups is 1. The lowest BCUT2D eigenvalue weighted by Crippen LogP contribution is -2.02. The highest BCUT2D eigenvalue weighted by Crippen LogP contribution is 2.32. The minimum atomic E-state index is -0.187. The van der Waals surface area contributed by atoms with Gasteiger partial charge in [-0.15, -0.1) is 0 Å². The number of ether oxygens (including phenoxy) is 1. The van der Waals surface area contributed by atoms with E-state index in [0.717, 1.165) is 5.56 Å². The smallest absolute Gasteiger partial charge is 0.505 e. The molecule has 0 fully saturated rings. The Kier molecular flexibility index (Phi) is 5.22. The number of benzene rings is 2. The Morgan fingerprint density at radius 2 is 2.14 bits per heavy atom. The SMILES string of the molecule is CCc1c(OCc2c[c]cc([S+]=O)c2)ccc(C(C)=O)c1O. The highest BCUT2D eigenvalue weighted by molar-refractivity contribution is 7.65. The zero-order chi connectivity index (χ0) is 16.1. The van der Waals surface area contributed by atoms with Crippen LogP contribution in [0.3, 0.4) is 0 Å². The van der Waals surface area contributed by atoms with Crippen LogP contribution in [0.5, 0.6) is 11.5 Å². The van der Waals surface area contributed by atoms with Gasteiger partial charge in [0.05, 0.1) is 5.56 Å². The average molecular weight is 316 g/mol. The highest BCUT2D eigenvalue weighted by atomic mass is 32.1. The van der Waals surface area contributed by atoms with E-state index in [1.165, 1.54) is 6.92 Å². The van der Waals surface area contributed by atoms with Crippen LogP contribution in [0.15, 0.2) is 35.2 Å². The summed E-state index contributed by atoms with van der Waals surface area (Å²) in [6, 6.07) is 11.2. The van der Waals surface area contributed by atoms with Crippen molar-refractivity contribution >= 4 is 17.4 Å². The summed E-state index contributed by atoms with van der Waals surface area (Å²) in [4.78, 5) is 12.0. The lowest BCUT2D eigenvalue weighted by Gasteiger charge is -2.13. The van der Waals surface area contributed by atoms with Gasteiger partial charge in [-0.2, -0.15) is 0 Å². The van der Waals surface area contributed by atoms with E-state index in [1.54, 1.807) is 30.3 Å². The largest absolute Gasteiger partial charge is 0.507 e. The van der Waals surface area contributed by atoms with Gasteiger partial charge in [0.1, 0.15) is 18.1 Å². The van der Waals surface area contributed by atoms with Crippen LogP contribution in [0.2, 0.25) is 0 Å². The number of hydrogen-bond donors (Lipinski definition) is 1. The molecule has 4 nitrogen and oxygen atoms in total. The van der Waals surface area contributed by atoms with Gasteiger partial charge in [-0.25, -0.2) is 0 Å². The van der Waals surface area contributed by atoms with Crippen molar-refractivity contribution in [2.24, 2.45) is 0 Å². The number of rotatable bonds is 6. The number of hydrogen-bond acceptors (Lipinski definition) is 4. The van der Waals surface area contributed by atoms with Crippen LogP contribution in [0.4, 0.5) is 0 Å². The van der Waals surface area contributed by atoms with Crippen LogP contribution >= 0.6 is 0 Å². The van der Waals surface area contributed by atoms with Crippen molar-refractivity contribution in [3.8, 4) is 11.5 Å². The van der Waals surface area contributed by atoms with Crippen molar-refractivity contribution in [3.63, 3.8) is 0 Å². The third-order valence-corrected chi connectivity index (χ3v) is 3.71. The topological polar surface area (TPSA) is 63.6 Å². The summed E-state index contributed by atoms with van der Waals surface area (Å²) in [7, 11) is 0. The fourth-order valence-corrected chi connectivity index (χ4v) is 2.48. The van der Waals surface area contributed by atoms with Gasteiger partial charge in [0.2, 0.25) is 0 Å². The van der Waals surface area contributed by atoms with Crippen molar-refractivity contribution in [2.45, 2.75) is 31.8 Å². The monoisotopic (exact) mass is 316 g/mol. The number of Topliss-reactive ketones (excluding diaryl/α,β-unsaturated/α-hetero) is 1. The second-order valence-corrected chi connectivity index (χ2v) is 5.44. The van der Waals surface area contributed by atoms with Gasteiger partial charge in [0.15, 0.2) is 5.78 Å². The first-order valence-corrected chi connectivity index (χ1v) is 7.59. The van der Waals surface area contributed by atoms with Crippen molar-refractivity contribution in [1.82, 2.24) is 0 Å². The molecule has 0 unspecified atom stereocenters. The van der Waals surface area contributed by atoms with E-state index in [2.05, 4.69) is 6.07 Å². The number of phenols is 1. The van der Waals surface area contributed by atoms with E-state index in [4.69, 9.17) is 4.74 Å². The molecule has 1 N–H and O–H groups in total. The molecular weight excluding hydrogens is 300 g/mol. The van der Waals surface area contributed by atoms with E-state index < -0.39 is 0 Å². The molecule has 0 aliphatic carbocycles. The molecule has 1 radical (unpaired) electrons. The fourth-order valence-electron chi connectivity index (χ4n) is 2.17. The Bertz CT molecular complexity index is 710. The molecule has 0 spiro atoms. The van der Waals surface area contributed by atoms with Crippen molar-refractivity contribution in [1.29, 1.82) is 0 Å². The zero-order valence-electron chi connectivity index (χ0n) is 12.4. The molecule has 0 bridgehead atoms. The Balaban J connectivity index is 2.24. The third-order valence-electron chi connectivity index (χ3n) is 3.29. The summed E-state index contributed by atoms with van der Waals surface area (Å²) in [6.45, 7) is 3.56. The first kappa shape index (κ1) is 16.1. The van der Waals surface area contributed by atoms with Gasteiger partial charge >= 0.3 is 11.7 Å². The van der Waals surface area contributed by atoms with Crippen LogP contribution in [0.25, 0.3) is 0 Å². The molecule has 2 aromatic rings. The predicted octanol–water partition coefficient (Wildman–Crippen LogP) is 3.32. The molecule has 0 saturated carbocycles. The fraction of sp³-hybridized carbons (Fsp3) is 0.235. The second kappa shape index (κ2) is 7.13. The summed E-state index contributed by atoms with van der Waals surface area (Å²) >= 11 is 0.406. The van der Waals surface area contributed by atoms with Gasteiger partial charge in [-0.05, 0) is 43.2 Å². The summed E-state index contributed by atoms with van der Waals surface area (Å²) in [5, 5.41) is 10.2. The first-order chi connectivity index (χ1) is 10.6.